The van der Waals surface area contributed by atoms with Crippen molar-refractivity contribution in [3.63, 3.8) is 0 Å². The highest BCUT2D eigenvalue weighted by atomic mass is 32.1. The van der Waals surface area contributed by atoms with Gasteiger partial charge in [0.15, 0.2) is 0 Å². The Hall–Kier alpha value is -1.19. The summed E-state index contributed by atoms with van der Waals surface area (Å²) in [5.41, 5.74) is 3.30. The zero-order chi connectivity index (χ0) is 14.0. The number of hydrogen-bond acceptors (Lipinski definition) is 3. The number of aliphatic hydroxyl groups is 1. The van der Waals surface area contributed by atoms with Crippen LogP contribution in [0.25, 0.3) is 0 Å². The molecule has 0 aliphatic carbocycles. The Bertz CT molecular complexity index is 554. The van der Waals surface area contributed by atoms with Crippen molar-refractivity contribution in [3.05, 3.63) is 51.5 Å². The molecule has 0 radical (unpaired) electrons. The van der Waals surface area contributed by atoms with Crippen LogP contribution < -0.4 is 0 Å². The van der Waals surface area contributed by atoms with E-state index in [0.29, 0.717) is 6.42 Å². The van der Waals surface area contributed by atoms with Gasteiger partial charge in [0.2, 0.25) is 0 Å². The van der Waals surface area contributed by atoms with Crippen molar-refractivity contribution in [2.45, 2.75) is 45.6 Å². The highest BCUT2D eigenvalue weighted by molar-refractivity contribution is 7.09. The van der Waals surface area contributed by atoms with E-state index in [1.807, 2.05) is 31.2 Å². The number of benzene rings is 1. The molecule has 0 amide bonds. The summed E-state index contributed by atoms with van der Waals surface area (Å²) in [6.07, 6.45) is 0.117. The Morgan fingerprint density at radius 2 is 1.95 bits per heavy atom. The molecule has 0 spiro atoms. The van der Waals surface area contributed by atoms with E-state index in [9.17, 15) is 5.11 Å². The molecule has 0 bridgehead atoms. The molecule has 0 saturated heterocycles. The van der Waals surface area contributed by atoms with Gasteiger partial charge in [-0.1, -0.05) is 45.0 Å². The van der Waals surface area contributed by atoms with Gasteiger partial charge in [0.25, 0.3) is 0 Å². The van der Waals surface area contributed by atoms with Crippen LogP contribution in [0.3, 0.4) is 0 Å². The van der Waals surface area contributed by atoms with Gasteiger partial charge in [0, 0.05) is 17.2 Å². The number of aromatic nitrogens is 1. The maximum atomic E-state index is 10.3. The zero-order valence-corrected chi connectivity index (χ0v) is 12.8. The van der Waals surface area contributed by atoms with Crippen LogP contribution in [0.5, 0.6) is 0 Å². The number of hydrogen-bond donors (Lipinski definition) is 1. The SMILES string of the molecule is Cc1ccccc1C(O)Cc1nc(C(C)(C)C)cs1. The van der Waals surface area contributed by atoms with E-state index in [4.69, 9.17) is 0 Å². The fourth-order valence-electron chi connectivity index (χ4n) is 1.99. The predicted octanol–water partition coefficient (Wildman–Crippen LogP) is 4.03. The van der Waals surface area contributed by atoms with E-state index >= 15 is 0 Å². The van der Waals surface area contributed by atoms with Crippen LogP contribution in [-0.4, -0.2) is 10.1 Å². The molecule has 0 saturated carbocycles. The first kappa shape index (κ1) is 14.2. The third kappa shape index (κ3) is 3.43. The molecule has 2 rings (SSSR count). The second-order valence-electron chi connectivity index (χ2n) is 5.95. The van der Waals surface area contributed by atoms with Gasteiger partial charge in [-0.25, -0.2) is 4.98 Å². The summed E-state index contributed by atoms with van der Waals surface area (Å²) in [5, 5.41) is 13.4. The van der Waals surface area contributed by atoms with Crippen LogP contribution in [-0.2, 0) is 11.8 Å². The summed E-state index contributed by atoms with van der Waals surface area (Å²) < 4.78 is 0. The van der Waals surface area contributed by atoms with Crippen molar-refractivity contribution in [2.75, 3.05) is 0 Å². The van der Waals surface area contributed by atoms with Crippen LogP contribution >= 0.6 is 11.3 Å². The number of aliphatic hydroxyl groups excluding tert-OH is 1. The van der Waals surface area contributed by atoms with Crippen LogP contribution in [0.1, 0.15) is 48.7 Å². The van der Waals surface area contributed by atoms with E-state index in [1.54, 1.807) is 11.3 Å². The Morgan fingerprint density at radius 3 is 2.53 bits per heavy atom. The van der Waals surface area contributed by atoms with E-state index in [1.165, 1.54) is 0 Å². The molecule has 2 nitrogen and oxygen atoms in total. The lowest BCUT2D eigenvalue weighted by atomic mass is 9.93. The van der Waals surface area contributed by atoms with Gasteiger partial charge in [0.1, 0.15) is 0 Å². The Balaban J connectivity index is 2.14. The largest absolute Gasteiger partial charge is 0.388 e. The van der Waals surface area contributed by atoms with Crippen LogP contribution in [0, 0.1) is 6.92 Å². The molecule has 1 atom stereocenters. The zero-order valence-electron chi connectivity index (χ0n) is 12.0. The summed E-state index contributed by atoms with van der Waals surface area (Å²) >= 11 is 1.63. The van der Waals surface area contributed by atoms with Crippen LogP contribution in [0.2, 0.25) is 0 Å². The summed E-state index contributed by atoms with van der Waals surface area (Å²) in [4.78, 5) is 4.64. The van der Waals surface area contributed by atoms with E-state index in [2.05, 4.69) is 31.1 Å². The Morgan fingerprint density at radius 1 is 1.26 bits per heavy atom. The average molecular weight is 275 g/mol. The first-order valence-electron chi connectivity index (χ1n) is 6.56. The monoisotopic (exact) mass is 275 g/mol. The van der Waals surface area contributed by atoms with Crippen molar-refractivity contribution < 1.29 is 5.11 Å². The molecule has 102 valence electrons. The molecular weight excluding hydrogens is 254 g/mol. The fraction of sp³-hybridized carbons (Fsp3) is 0.438. The second kappa shape index (κ2) is 5.43. The molecule has 1 N–H and O–H groups in total. The number of nitrogens with zero attached hydrogens (tertiary/aromatic N) is 1. The standard InChI is InChI=1S/C16H21NOS/c1-11-7-5-6-8-12(11)13(18)9-15-17-14(10-19-15)16(2,3)4/h5-8,10,13,18H,9H2,1-4H3. The first-order chi connectivity index (χ1) is 8.88. The molecule has 0 fully saturated rings. The normalized spacial score (nSPS) is 13.5. The summed E-state index contributed by atoms with van der Waals surface area (Å²) in [6, 6.07) is 7.97. The highest BCUT2D eigenvalue weighted by Gasteiger charge is 2.19. The first-order valence-corrected chi connectivity index (χ1v) is 7.44. The molecular formula is C16H21NOS. The number of thiazole rings is 1. The van der Waals surface area contributed by atoms with Crippen LogP contribution in [0.15, 0.2) is 29.6 Å². The quantitative estimate of drug-likeness (QED) is 0.917. The smallest absolute Gasteiger partial charge is 0.0957 e. The minimum absolute atomic E-state index is 0.0718. The molecule has 19 heavy (non-hydrogen) atoms. The van der Waals surface area contributed by atoms with Crippen molar-refractivity contribution in [2.24, 2.45) is 0 Å². The molecule has 1 aromatic heterocycles. The predicted molar refractivity (Wildman–Crippen MR) is 80.7 cm³/mol. The Kier molecular flexibility index (Phi) is 4.07. The second-order valence-corrected chi connectivity index (χ2v) is 6.90. The van der Waals surface area contributed by atoms with Gasteiger partial charge in [-0.15, -0.1) is 11.3 Å². The number of rotatable bonds is 3. The van der Waals surface area contributed by atoms with Crippen LogP contribution in [0.4, 0.5) is 0 Å². The molecule has 0 aliphatic heterocycles. The van der Waals surface area contributed by atoms with Crippen molar-refractivity contribution in [1.82, 2.24) is 4.98 Å². The van der Waals surface area contributed by atoms with Gasteiger partial charge in [-0.3, -0.25) is 0 Å². The third-order valence-corrected chi connectivity index (χ3v) is 4.11. The lowest BCUT2D eigenvalue weighted by Crippen LogP contribution is -2.12. The maximum Gasteiger partial charge on any atom is 0.0957 e. The fourth-order valence-corrected chi connectivity index (χ4v) is 3.04. The molecule has 0 aliphatic rings. The van der Waals surface area contributed by atoms with Crippen molar-refractivity contribution in [1.29, 1.82) is 0 Å². The van der Waals surface area contributed by atoms with Gasteiger partial charge in [-0.05, 0) is 18.1 Å². The van der Waals surface area contributed by atoms with Gasteiger partial charge in [0.05, 0.1) is 16.8 Å². The summed E-state index contributed by atoms with van der Waals surface area (Å²) in [7, 11) is 0. The van der Waals surface area contributed by atoms with Gasteiger partial charge in [-0.2, -0.15) is 0 Å². The summed E-state index contributed by atoms with van der Waals surface area (Å²) in [6.45, 7) is 8.50. The lowest BCUT2D eigenvalue weighted by Gasteiger charge is -2.15. The van der Waals surface area contributed by atoms with Gasteiger partial charge >= 0.3 is 0 Å². The molecule has 1 unspecified atom stereocenters. The lowest BCUT2D eigenvalue weighted by molar-refractivity contribution is 0.177. The minimum Gasteiger partial charge on any atom is -0.388 e. The summed E-state index contributed by atoms with van der Waals surface area (Å²) in [5.74, 6) is 0. The van der Waals surface area contributed by atoms with E-state index in [0.717, 1.165) is 21.8 Å². The van der Waals surface area contributed by atoms with E-state index in [-0.39, 0.29) is 5.41 Å². The average Bonchev–Trinajstić information content (AvgIpc) is 2.77. The minimum atomic E-state index is -0.472. The maximum absolute atomic E-state index is 10.3. The highest BCUT2D eigenvalue weighted by Crippen LogP contribution is 2.27. The van der Waals surface area contributed by atoms with Gasteiger partial charge < -0.3 is 5.11 Å². The Labute approximate surface area is 119 Å². The van der Waals surface area contributed by atoms with Crippen molar-refractivity contribution in [3.8, 4) is 0 Å². The molecule has 2 aromatic rings. The van der Waals surface area contributed by atoms with E-state index < -0.39 is 6.10 Å². The molecule has 1 heterocycles. The third-order valence-electron chi connectivity index (χ3n) is 3.24. The van der Waals surface area contributed by atoms with Crippen molar-refractivity contribution >= 4 is 11.3 Å². The molecule has 3 heteroatoms. The number of aryl methyl sites for hydroxylation is 1. The topological polar surface area (TPSA) is 33.1 Å². The molecule has 1 aromatic carbocycles.